The van der Waals surface area contributed by atoms with Crippen LogP contribution in [0.15, 0.2) is 12.1 Å². The number of ketones is 1. The number of rotatable bonds is 2. The maximum atomic E-state index is 12.4. The monoisotopic (exact) mass is 290 g/mol. The SMILES string of the molecule is CC(C)(O)c1cc2c(c(C(C)(C)O)c1)C(C)(C)CCC2=O. The Bertz CT molecular complexity index is 584. The van der Waals surface area contributed by atoms with Gasteiger partial charge in [-0.15, -0.1) is 0 Å². The zero-order chi connectivity index (χ0) is 16.2. The predicted octanol–water partition coefficient (Wildman–Crippen LogP) is 3.40. The number of Topliss-reactive ketones (excluding diaryl/α,β-unsaturated/α-hetero) is 1. The van der Waals surface area contributed by atoms with Gasteiger partial charge in [-0.2, -0.15) is 0 Å². The molecule has 1 aromatic carbocycles. The van der Waals surface area contributed by atoms with E-state index in [0.29, 0.717) is 17.5 Å². The van der Waals surface area contributed by atoms with Crippen molar-refractivity contribution in [1.29, 1.82) is 0 Å². The van der Waals surface area contributed by atoms with Crippen LogP contribution >= 0.6 is 0 Å². The van der Waals surface area contributed by atoms with E-state index < -0.39 is 11.2 Å². The molecule has 0 unspecified atom stereocenters. The molecule has 1 aromatic rings. The third kappa shape index (κ3) is 2.90. The third-order valence-corrected chi connectivity index (χ3v) is 4.46. The maximum Gasteiger partial charge on any atom is 0.163 e. The summed E-state index contributed by atoms with van der Waals surface area (Å²) in [7, 11) is 0. The molecule has 1 aliphatic carbocycles. The van der Waals surface area contributed by atoms with E-state index in [4.69, 9.17) is 0 Å². The van der Waals surface area contributed by atoms with E-state index in [1.165, 1.54) is 0 Å². The number of carbonyl (C=O) groups is 1. The second-order valence-electron chi connectivity index (χ2n) is 7.87. The van der Waals surface area contributed by atoms with Crippen LogP contribution in [-0.2, 0) is 16.6 Å². The standard InChI is InChI=1S/C18H26O3/c1-16(2)8-7-14(19)12-9-11(17(3,4)20)10-13(15(12)16)18(5,6)21/h9-10,20-21H,7-8H2,1-6H3. The lowest BCUT2D eigenvalue weighted by atomic mass is 9.67. The van der Waals surface area contributed by atoms with Gasteiger partial charge < -0.3 is 10.2 Å². The fourth-order valence-corrected chi connectivity index (χ4v) is 3.11. The van der Waals surface area contributed by atoms with Gasteiger partial charge in [0.25, 0.3) is 0 Å². The van der Waals surface area contributed by atoms with E-state index in [2.05, 4.69) is 13.8 Å². The van der Waals surface area contributed by atoms with Gasteiger partial charge in [-0.05, 0) is 68.4 Å². The molecule has 0 amide bonds. The normalized spacial score (nSPS) is 18.6. The molecular formula is C18H26O3. The molecule has 3 heteroatoms. The molecule has 0 bridgehead atoms. The largest absolute Gasteiger partial charge is 0.386 e. The van der Waals surface area contributed by atoms with Gasteiger partial charge in [-0.25, -0.2) is 0 Å². The number of hydrogen-bond donors (Lipinski definition) is 2. The summed E-state index contributed by atoms with van der Waals surface area (Å²) in [5.74, 6) is 0.0981. The van der Waals surface area contributed by atoms with Gasteiger partial charge in [0.2, 0.25) is 0 Å². The molecule has 0 heterocycles. The maximum absolute atomic E-state index is 12.4. The molecule has 0 saturated heterocycles. The van der Waals surface area contributed by atoms with Crippen LogP contribution in [0.4, 0.5) is 0 Å². The highest BCUT2D eigenvalue weighted by atomic mass is 16.3. The zero-order valence-corrected chi connectivity index (χ0v) is 13.9. The van der Waals surface area contributed by atoms with Crippen molar-refractivity contribution in [1.82, 2.24) is 0 Å². The van der Waals surface area contributed by atoms with Gasteiger partial charge in [0.05, 0.1) is 11.2 Å². The van der Waals surface area contributed by atoms with Crippen molar-refractivity contribution in [3.05, 3.63) is 34.4 Å². The molecule has 0 atom stereocenters. The van der Waals surface area contributed by atoms with Crippen LogP contribution in [0.1, 0.15) is 81.4 Å². The molecule has 0 aromatic heterocycles. The van der Waals surface area contributed by atoms with Crippen LogP contribution in [0, 0.1) is 0 Å². The average molecular weight is 290 g/mol. The average Bonchev–Trinajstić information content (AvgIpc) is 2.31. The van der Waals surface area contributed by atoms with Crippen LogP contribution in [-0.4, -0.2) is 16.0 Å². The first-order chi connectivity index (χ1) is 9.34. The number of benzene rings is 1. The van der Waals surface area contributed by atoms with E-state index in [1.54, 1.807) is 33.8 Å². The Labute approximate surface area is 127 Å². The Hall–Kier alpha value is -1.19. The molecule has 0 radical (unpaired) electrons. The van der Waals surface area contributed by atoms with E-state index in [9.17, 15) is 15.0 Å². The number of hydrogen-bond acceptors (Lipinski definition) is 3. The van der Waals surface area contributed by atoms with Crippen molar-refractivity contribution >= 4 is 5.78 Å². The van der Waals surface area contributed by atoms with E-state index in [1.807, 2.05) is 6.07 Å². The Morgan fingerprint density at radius 1 is 1.05 bits per heavy atom. The van der Waals surface area contributed by atoms with Crippen LogP contribution in [0.5, 0.6) is 0 Å². The Morgan fingerprint density at radius 2 is 1.62 bits per heavy atom. The number of carbonyl (C=O) groups excluding carboxylic acids is 1. The summed E-state index contributed by atoms with van der Waals surface area (Å²) >= 11 is 0. The summed E-state index contributed by atoms with van der Waals surface area (Å²) in [6, 6.07) is 3.65. The first-order valence-corrected chi connectivity index (χ1v) is 7.51. The zero-order valence-electron chi connectivity index (χ0n) is 13.9. The lowest BCUT2D eigenvalue weighted by Gasteiger charge is -2.38. The summed E-state index contributed by atoms with van der Waals surface area (Å²) in [6.07, 6.45) is 1.30. The predicted molar refractivity (Wildman–Crippen MR) is 83.5 cm³/mol. The van der Waals surface area contributed by atoms with Gasteiger partial charge in [0.1, 0.15) is 0 Å². The van der Waals surface area contributed by atoms with Gasteiger partial charge in [0.15, 0.2) is 5.78 Å². The van der Waals surface area contributed by atoms with E-state index in [0.717, 1.165) is 17.5 Å². The minimum absolute atomic E-state index is 0.0981. The van der Waals surface area contributed by atoms with E-state index in [-0.39, 0.29) is 11.2 Å². The first-order valence-electron chi connectivity index (χ1n) is 7.51. The first kappa shape index (κ1) is 16.2. The van der Waals surface area contributed by atoms with Crippen molar-refractivity contribution in [2.24, 2.45) is 0 Å². The highest BCUT2D eigenvalue weighted by Crippen LogP contribution is 2.43. The Kier molecular flexibility index (Phi) is 3.59. The molecule has 0 aliphatic heterocycles. The summed E-state index contributed by atoms with van der Waals surface area (Å²) < 4.78 is 0. The second-order valence-corrected chi connectivity index (χ2v) is 7.87. The molecule has 1 aliphatic rings. The fraction of sp³-hybridized carbons (Fsp3) is 0.611. The minimum Gasteiger partial charge on any atom is -0.386 e. The molecule has 116 valence electrons. The van der Waals surface area contributed by atoms with Gasteiger partial charge >= 0.3 is 0 Å². The summed E-state index contributed by atoms with van der Waals surface area (Å²) in [6.45, 7) is 11.1. The fourth-order valence-electron chi connectivity index (χ4n) is 3.11. The quantitative estimate of drug-likeness (QED) is 0.877. The lowest BCUT2D eigenvalue weighted by Crippen LogP contribution is -2.34. The van der Waals surface area contributed by atoms with Crippen molar-refractivity contribution in [3.8, 4) is 0 Å². The van der Waals surface area contributed by atoms with Gasteiger partial charge in [-0.3, -0.25) is 4.79 Å². The van der Waals surface area contributed by atoms with Crippen LogP contribution in [0.25, 0.3) is 0 Å². The molecular weight excluding hydrogens is 264 g/mol. The topological polar surface area (TPSA) is 57.5 Å². The highest BCUT2D eigenvalue weighted by molar-refractivity contribution is 5.99. The smallest absolute Gasteiger partial charge is 0.163 e. The summed E-state index contributed by atoms with van der Waals surface area (Å²) in [5, 5.41) is 20.9. The molecule has 0 spiro atoms. The van der Waals surface area contributed by atoms with Crippen molar-refractivity contribution in [2.75, 3.05) is 0 Å². The Balaban J connectivity index is 2.85. The van der Waals surface area contributed by atoms with Crippen molar-refractivity contribution < 1.29 is 15.0 Å². The number of aliphatic hydroxyl groups is 2. The molecule has 0 fully saturated rings. The number of fused-ring (bicyclic) bond motifs is 1. The van der Waals surface area contributed by atoms with Crippen LogP contribution < -0.4 is 0 Å². The molecule has 0 saturated carbocycles. The lowest BCUT2D eigenvalue weighted by molar-refractivity contribution is 0.0694. The summed E-state index contributed by atoms with van der Waals surface area (Å²) in [4.78, 5) is 12.4. The third-order valence-electron chi connectivity index (χ3n) is 4.46. The highest BCUT2D eigenvalue weighted by Gasteiger charge is 2.38. The second kappa shape index (κ2) is 4.65. The van der Waals surface area contributed by atoms with Crippen molar-refractivity contribution in [2.45, 2.75) is 71.0 Å². The van der Waals surface area contributed by atoms with Crippen molar-refractivity contribution in [3.63, 3.8) is 0 Å². The molecule has 2 N–H and O–H groups in total. The van der Waals surface area contributed by atoms with Crippen LogP contribution in [0.3, 0.4) is 0 Å². The summed E-state index contributed by atoms with van der Waals surface area (Å²) in [5.41, 5.74) is 0.746. The molecule has 3 nitrogen and oxygen atoms in total. The minimum atomic E-state index is -1.06. The Morgan fingerprint density at radius 3 is 2.10 bits per heavy atom. The van der Waals surface area contributed by atoms with Gasteiger partial charge in [-0.1, -0.05) is 13.8 Å². The van der Waals surface area contributed by atoms with E-state index >= 15 is 0 Å². The van der Waals surface area contributed by atoms with Gasteiger partial charge in [0, 0.05) is 12.0 Å². The van der Waals surface area contributed by atoms with Crippen LogP contribution in [0.2, 0.25) is 0 Å². The molecule has 21 heavy (non-hydrogen) atoms. The molecule has 2 rings (SSSR count).